The number of likely N-dealkylation sites (tertiary alicyclic amines) is 1. The second kappa shape index (κ2) is 8.05. The van der Waals surface area contributed by atoms with Gasteiger partial charge in [-0.2, -0.15) is 0 Å². The fourth-order valence-electron chi connectivity index (χ4n) is 5.45. The number of nitrogens with two attached hydrogens (primary N) is 1. The van der Waals surface area contributed by atoms with Crippen LogP contribution in [0.25, 0.3) is 0 Å². The maximum absolute atomic E-state index is 13.4. The average Bonchev–Trinajstić information content (AvgIpc) is 3.38. The molecule has 3 heterocycles. The molecule has 0 aromatic heterocycles. The lowest BCUT2D eigenvalue weighted by Gasteiger charge is -2.29. The first-order valence-corrected chi connectivity index (χ1v) is 10.3. The van der Waals surface area contributed by atoms with Crippen LogP contribution in [0.15, 0.2) is 48.5 Å². The van der Waals surface area contributed by atoms with Crippen LogP contribution in [0.5, 0.6) is 0 Å². The zero-order valence-electron chi connectivity index (χ0n) is 16.8. The number of amides is 2. The molecule has 3 aliphatic rings. The van der Waals surface area contributed by atoms with Crippen LogP contribution in [-0.4, -0.2) is 40.0 Å². The van der Waals surface area contributed by atoms with E-state index in [2.05, 4.69) is 4.90 Å². The molecule has 3 fully saturated rings. The van der Waals surface area contributed by atoms with E-state index in [0.29, 0.717) is 5.56 Å². The van der Waals surface area contributed by atoms with E-state index in [0.717, 1.165) is 30.5 Å². The number of nitrogen functional groups attached to an aromatic ring is 1. The summed E-state index contributed by atoms with van der Waals surface area (Å²) in [5, 5.41) is 7.59. The van der Waals surface area contributed by atoms with Crippen LogP contribution in [0.1, 0.15) is 35.6 Å². The molecule has 4 atom stereocenters. The SMILES string of the molecule is Cl.N=C(N)c1ccc([C@H]2[C@H]3C(=O)N(Cc4ccc(F)cc4)C(=O)[C@H]3[C@@H]3CCCN32)cc1. The van der Waals surface area contributed by atoms with Gasteiger partial charge in [0.1, 0.15) is 11.7 Å². The van der Waals surface area contributed by atoms with E-state index in [1.807, 2.05) is 12.1 Å². The fourth-order valence-corrected chi connectivity index (χ4v) is 5.45. The average molecular weight is 443 g/mol. The van der Waals surface area contributed by atoms with Crippen LogP contribution < -0.4 is 5.73 Å². The number of rotatable bonds is 4. The quantitative estimate of drug-likeness (QED) is 0.433. The van der Waals surface area contributed by atoms with Gasteiger partial charge in [-0.05, 0) is 42.6 Å². The highest BCUT2D eigenvalue weighted by molar-refractivity contribution is 6.06. The van der Waals surface area contributed by atoms with Gasteiger partial charge >= 0.3 is 0 Å². The van der Waals surface area contributed by atoms with Gasteiger partial charge in [0.25, 0.3) is 0 Å². The summed E-state index contributed by atoms with van der Waals surface area (Å²) in [7, 11) is 0. The number of hydrogen-bond acceptors (Lipinski definition) is 4. The molecule has 0 unspecified atom stereocenters. The molecular formula is C23H24ClFN4O2. The van der Waals surface area contributed by atoms with Crippen molar-refractivity contribution in [3.05, 3.63) is 71.0 Å². The molecule has 2 aromatic rings. The third kappa shape index (κ3) is 3.42. The van der Waals surface area contributed by atoms with Gasteiger partial charge in [-0.25, -0.2) is 4.39 Å². The molecule has 3 N–H and O–H groups in total. The predicted octanol–water partition coefficient (Wildman–Crippen LogP) is 2.85. The Labute approximate surface area is 186 Å². The number of amidine groups is 1. The standard InChI is InChI=1S/C23H23FN4O2.ClH/c24-16-9-3-13(4-10-16)12-28-22(29)18-17-2-1-11-27(17)20(19(18)23(28)30)14-5-7-15(8-6-14)21(25)26;/h3-10,17-20H,1-2,11-12H2,(H3,25,26);1H/t17-,18-,19-,20-;/m0./s1. The molecule has 0 saturated carbocycles. The van der Waals surface area contributed by atoms with Gasteiger partial charge in [-0.3, -0.25) is 24.8 Å². The van der Waals surface area contributed by atoms with Crippen LogP contribution in [-0.2, 0) is 16.1 Å². The molecule has 3 saturated heterocycles. The molecule has 6 nitrogen and oxygen atoms in total. The Morgan fingerprint density at radius 1 is 1.03 bits per heavy atom. The van der Waals surface area contributed by atoms with Gasteiger partial charge in [0.2, 0.25) is 11.8 Å². The molecule has 0 spiro atoms. The van der Waals surface area contributed by atoms with Crippen LogP contribution in [0.2, 0.25) is 0 Å². The molecule has 162 valence electrons. The number of halogens is 2. The predicted molar refractivity (Wildman–Crippen MR) is 116 cm³/mol. The highest BCUT2D eigenvalue weighted by Gasteiger charge is 2.62. The molecule has 0 bridgehead atoms. The number of fused-ring (bicyclic) bond motifs is 3. The number of hydrogen-bond donors (Lipinski definition) is 2. The van der Waals surface area contributed by atoms with Crippen molar-refractivity contribution >= 4 is 30.1 Å². The van der Waals surface area contributed by atoms with Crippen molar-refractivity contribution in [2.24, 2.45) is 17.6 Å². The van der Waals surface area contributed by atoms with Crippen LogP contribution in [0.3, 0.4) is 0 Å². The van der Waals surface area contributed by atoms with Crippen LogP contribution in [0, 0.1) is 23.1 Å². The Balaban J connectivity index is 0.00000231. The first-order chi connectivity index (χ1) is 14.5. The normalized spacial score (nSPS) is 27.2. The summed E-state index contributed by atoms with van der Waals surface area (Å²) < 4.78 is 13.2. The first kappa shape index (κ1) is 21.5. The summed E-state index contributed by atoms with van der Waals surface area (Å²) in [5.74, 6) is -1.35. The van der Waals surface area contributed by atoms with Crippen molar-refractivity contribution in [2.75, 3.05) is 6.54 Å². The highest BCUT2D eigenvalue weighted by atomic mass is 35.5. The number of carbonyl (C=O) groups is 2. The molecule has 0 radical (unpaired) electrons. The van der Waals surface area contributed by atoms with Gasteiger partial charge in [0.05, 0.1) is 18.4 Å². The smallest absolute Gasteiger partial charge is 0.235 e. The summed E-state index contributed by atoms with van der Waals surface area (Å²) in [6.45, 7) is 1.04. The minimum absolute atomic E-state index is 0. The third-order valence-corrected chi connectivity index (χ3v) is 6.76. The number of nitrogens with one attached hydrogen (secondary N) is 1. The van der Waals surface area contributed by atoms with E-state index in [1.54, 1.807) is 24.3 Å². The Bertz CT molecular complexity index is 1030. The largest absolute Gasteiger partial charge is 0.384 e. The maximum Gasteiger partial charge on any atom is 0.235 e. The van der Waals surface area contributed by atoms with Gasteiger partial charge in [0.15, 0.2) is 0 Å². The molecule has 0 aliphatic carbocycles. The minimum atomic E-state index is -0.411. The van der Waals surface area contributed by atoms with E-state index >= 15 is 0 Å². The van der Waals surface area contributed by atoms with E-state index in [9.17, 15) is 14.0 Å². The Morgan fingerprint density at radius 3 is 2.32 bits per heavy atom. The lowest BCUT2D eigenvalue weighted by molar-refractivity contribution is -0.142. The summed E-state index contributed by atoms with van der Waals surface area (Å²) in [4.78, 5) is 30.4. The van der Waals surface area contributed by atoms with E-state index in [1.165, 1.54) is 17.0 Å². The van der Waals surface area contributed by atoms with E-state index < -0.39 is 5.92 Å². The van der Waals surface area contributed by atoms with Gasteiger partial charge in [-0.15, -0.1) is 12.4 Å². The summed E-state index contributed by atoms with van der Waals surface area (Å²) in [6, 6.07) is 13.3. The summed E-state index contributed by atoms with van der Waals surface area (Å²) in [5.41, 5.74) is 7.93. The Hall–Kier alpha value is -2.77. The van der Waals surface area contributed by atoms with Gasteiger partial charge < -0.3 is 5.73 Å². The minimum Gasteiger partial charge on any atom is -0.384 e. The monoisotopic (exact) mass is 442 g/mol. The topological polar surface area (TPSA) is 90.5 Å². The number of carbonyl (C=O) groups excluding carboxylic acids is 2. The van der Waals surface area contributed by atoms with Crippen molar-refractivity contribution < 1.29 is 14.0 Å². The van der Waals surface area contributed by atoms with Crippen LogP contribution in [0.4, 0.5) is 4.39 Å². The fraction of sp³-hybridized carbons (Fsp3) is 0.348. The highest BCUT2D eigenvalue weighted by Crippen LogP contribution is 2.53. The number of imide groups is 1. The van der Waals surface area contributed by atoms with Crippen molar-refractivity contribution in [1.29, 1.82) is 5.41 Å². The second-order valence-corrected chi connectivity index (χ2v) is 8.37. The summed E-state index contributed by atoms with van der Waals surface area (Å²) >= 11 is 0. The van der Waals surface area contributed by atoms with Gasteiger partial charge in [0, 0.05) is 17.6 Å². The zero-order chi connectivity index (χ0) is 21.0. The van der Waals surface area contributed by atoms with Crippen molar-refractivity contribution in [3.63, 3.8) is 0 Å². The van der Waals surface area contributed by atoms with Crippen molar-refractivity contribution in [2.45, 2.75) is 31.5 Å². The second-order valence-electron chi connectivity index (χ2n) is 8.37. The zero-order valence-corrected chi connectivity index (χ0v) is 17.6. The summed E-state index contributed by atoms with van der Waals surface area (Å²) in [6.07, 6.45) is 1.92. The van der Waals surface area contributed by atoms with Gasteiger partial charge in [-0.1, -0.05) is 36.4 Å². The molecule has 2 amide bonds. The number of benzene rings is 2. The Morgan fingerprint density at radius 2 is 1.68 bits per heavy atom. The Kier molecular flexibility index (Phi) is 5.58. The molecular weight excluding hydrogens is 419 g/mol. The lowest BCUT2D eigenvalue weighted by atomic mass is 9.85. The molecule has 8 heteroatoms. The molecule has 2 aromatic carbocycles. The first-order valence-electron chi connectivity index (χ1n) is 10.3. The molecule has 3 aliphatic heterocycles. The van der Waals surface area contributed by atoms with Crippen LogP contribution >= 0.6 is 12.4 Å². The maximum atomic E-state index is 13.4. The number of nitrogens with zero attached hydrogens (tertiary/aromatic N) is 2. The van der Waals surface area contributed by atoms with Crippen molar-refractivity contribution in [3.8, 4) is 0 Å². The van der Waals surface area contributed by atoms with E-state index in [-0.39, 0.29) is 60.4 Å². The lowest BCUT2D eigenvalue weighted by Crippen LogP contribution is -2.38. The molecule has 31 heavy (non-hydrogen) atoms. The third-order valence-electron chi connectivity index (χ3n) is 6.76. The molecule has 5 rings (SSSR count). The van der Waals surface area contributed by atoms with Crippen molar-refractivity contribution in [1.82, 2.24) is 9.80 Å². The van der Waals surface area contributed by atoms with E-state index in [4.69, 9.17) is 11.1 Å².